The van der Waals surface area contributed by atoms with Crippen LogP contribution in [-0.4, -0.2) is 18.3 Å². The van der Waals surface area contributed by atoms with Crippen molar-refractivity contribution in [3.05, 3.63) is 63.7 Å². The van der Waals surface area contributed by atoms with E-state index in [1.54, 1.807) is 6.07 Å². The highest BCUT2D eigenvalue weighted by atomic mass is 79.9. The molecule has 4 nitrogen and oxygen atoms in total. The number of rotatable bonds is 5. The van der Waals surface area contributed by atoms with Crippen LogP contribution >= 0.6 is 27.3 Å². The lowest BCUT2D eigenvalue weighted by Gasteiger charge is -2.05. The van der Waals surface area contributed by atoms with Crippen molar-refractivity contribution in [3.8, 4) is 17.0 Å². The molecule has 1 heterocycles. The monoisotopic (exact) mass is 405 g/mol. The Bertz CT molecular complexity index is 868. The summed E-state index contributed by atoms with van der Waals surface area (Å²) in [5.41, 5.74) is 5.31. The highest BCUT2D eigenvalue weighted by Crippen LogP contribution is 2.26. The second-order valence-electron chi connectivity index (χ2n) is 4.78. The topological polar surface area (TPSA) is 46.5 Å². The van der Waals surface area contributed by atoms with Gasteiger partial charge < -0.3 is 4.74 Å². The number of thiazole rings is 1. The fraction of sp³-hybridized carbons (Fsp3) is 0.0588. The van der Waals surface area contributed by atoms with Crippen LogP contribution in [0.15, 0.2) is 57.4 Å². The number of hydrazone groups is 1. The van der Waals surface area contributed by atoms with Gasteiger partial charge in [-0.3, -0.25) is 5.43 Å². The molecule has 3 rings (SSSR count). The molecule has 0 spiro atoms. The third-order valence-corrected chi connectivity index (χ3v) is 4.56. The lowest BCUT2D eigenvalue weighted by atomic mass is 10.2. The maximum Gasteiger partial charge on any atom is 0.203 e. The molecule has 0 saturated heterocycles. The predicted octanol–water partition coefficient (Wildman–Crippen LogP) is 5.17. The van der Waals surface area contributed by atoms with Crippen LogP contribution in [0, 0.1) is 5.82 Å². The van der Waals surface area contributed by atoms with E-state index in [-0.39, 0.29) is 5.82 Å². The van der Waals surface area contributed by atoms with Gasteiger partial charge in [0.2, 0.25) is 5.13 Å². The Hall–Kier alpha value is -2.25. The van der Waals surface area contributed by atoms with E-state index in [0.29, 0.717) is 20.9 Å². The van der Waals surface area contributed by atoms with E-state index in [1.807, 2.05) is 35.7 Å². The molecule has 0 bridgehead atoms. The van der Waals surface area contributed by atoms with Crippen molar-refractivity contribution in [2.75, 3.05) is 12.5 Å². The summed E-state index contributed by atoms with van der Waals surface area (Å²) in [6.45, 7) is 0. The number of anilines is 1. The second kappa shape index (κ2) is 7.55. The summed E-state index contributed by atoms with van der Waals surface area (Å²) in [6, 6.07) is 12.8. The number of ether oxygens (including phenoxy) is 1. The number of benzene rings is 2. The molecule has 0 aliphatic rings. The Balaban J connectivity index is 1.73. The standard InChI is InChI=1S/C17H13BrFN3OS/c1-23-16-8-13(18)14(19)7-12(16)9-20-22-17-21-15(10-24-17)11-5-3-2-4-6-11/h2-10H,1H3,(H,21,22). The number of hydrogen-bond acceptors (Lipinski definition) is 5. The predicted molar refractivity (Wildman–Crippen MR) is 99.4 cm³/mol. The van der Waals surface area contributed by atoms with E-state index in [9.17, 15) is 4.39 Å². The smallest absolute Gasteiger partial charge is 0.203 e. The molecule has 24 heavy (non-hydrogen) atoms. The van der Waals surface area contributed by atoms with Gasteiger partial charge in [0.1, 0.15) is 11.6 Å². The number of nitrogens with zero attached hydrogens (tertiary/aromatic N) is 2. The first kappa shape index (κ1) is 16.6. The molecule has 2 aromatic carbocycles. The van der Waals surface area contributed by atoms with Crippen molar-refractivity contribution in [1.29, 1.82) is 0 Å². The summed E-state index contributed by atoms with van der Waals surface area (Å²) in [7, 11) is 1.53. The van der Waals surface area contributed by atoms with E-state index in [1.165, 1.54) is 30.7 Å². The largest absolute Gasteiger partial charge is 0.496 e. The van der Waals surface area contributed by atoms with Crippen molar-refractivity contribution in [2.24, 2.45) is 5.10 Å². The van der Waals surface area contributed by atoms with Gasteiger partial charge in [-0.15, -0.1) is 11.3 Å². The molecule has 0 atom stereocenters. The number of halogens is 2. The summed E-state index contributed by atoms with van der Waals surface area (Å²) in [4.78, 5) is 4.47. The number of nitrogens with one attached hydrogen (secondary N) is 1. The highest BCUT2D eigenvalue weighted by Gasteiger charge is 2.07. The molecule has 7 heteroatoms. The van der Waals surface area contributed by atoms with Crippen LogP contribution < -0.4 is 10.2 Å². The molecule has 0 unspecified atom stereocenters. The van der Waals surface area contributed by atoms with Crippen LogP contribution in [0.5, 0.6) is 5.75 Å². The zero-order chi connectivity index (χ0) is 16.9. The van der Waals surface area contributed by atoms with Gasteiger partial charge in [-0.2, -0.15) is 5.10 Å². The minimum atomic E-state index is -0.377. The zero-order valence-corrected chi connectivity index (χ0v) is 15.1. The van der Waals surface area contributed by atoms with Gasteiger partial charge in [-0.1, -0.05) is 30.3 Å². The van der Waals surface area contributed by atoms with Gasteiger partial charge in [0.15, 0.2) is 0 Å². The maximum atomic E-state index is 13.6. The van der Waals surface area contributed by atoms with Gasteiger partial charge in [0, 0.05) is 16.5 Å². The lowest BCUT2D eigenvalue weighted by Crippen LogP contribution is -1.95. The van der Waals surface area contributed by atoms with Crippen LogP contribution in [0.1, 0.15) is 5.56 Å². The summed E-state index contributed by atoms with van der Waals surface area (Å²) in [5, 5.41) is 6.71. The Labute approximate surface area is 151 Å². The fourth-order valence-corrected chi connectivity index (χ4v) is 3.04. The molecule has 1 N–H and O–H groups in total. The first-order valence-corrected chi connectivity index (χ1v) is 8.67. The maximum absolute atomic E-state index is 13.6. The molecular weight excluding hydrogens is 393 g/mol. The SMILES string of the molecule is COc1cc(Br)c(F)cc1C=NNc1nc(-c2ccccc2)cs1. The molecule has 122 valence electrons. The van der Waals surface area contributed by atoms with Crippen molar-refractivity contribution in [1.82, 2.24) is 4.98 Å². The summed E-state index contributed by atoms with van der Waals surface area (Å²) < 4.78 is 19.2. The molecule has 0 aliphatic heterocycles. The van der Waals surface area contributed by atoms with Crippen molar-refractivity contribution < 1.29 is 9.13 Å². The van der Waals surface area contributed by atoms with Crippen molar-refractivity contribution in [3.63, 3.8) is 0 Å². The minimum absolute atomic E-state index is 0.344. The summed E-state index contributed by atoms with van der Waals surface area (Å²) in [5.74, 6) is 0.149. The van der Waals surface area contributed by atoms with Gasteiger partial charge in [-0.05, 0) is 28.1 Å². The number of methoxy groups -OCH3 is 1. The fourth-order valence-electron chi connectivity index (χ4n) is 2.05. The molecule has 0 saturated carbocycles. The molecule has 0 radical (unpaired) electrons. The Morgan fingerprint density at radius 2 is 2.08 bits per heavy atom. The zero-order valence-electron chi connectivity index (χ0n) is 12.7. The molecule has 3 aromatic rings. The first-order chi connectivity index (χ1) is 11.7. The van der Waals surface area contributed by atoms with E-state index < -0.39 is 0 Å². The van der Waals surface area contributed by atoms with E-state index in [2.05, 4.69) is 31.4 Å². The third kappa shape index (κ3) is 3.80. The average Bonchev–Trinajstić information content (AvgIpc) is 3.07. The molecule has 0 aliphatic carbocycles. The normalized spacial score (nSPS) is 11.0. The van der Waals surface area contributed by atoms with Crippen LogP contribution in [0.3, 0.4) is 0 Å². The van der Waals surface area contributed by atoms with Gasteiger partial charge in [0.05, 0.1) is 23.5 Å². The van der Waals surface area contributed by atoms with Crippen molar-refractivity contribution >= 4 is 38.6 Å². The van der Waals surface area contributed by atoms with Crippen LogP contribution in [0.4, 0.5) is 9.52 Å². The molecular formula is C17H13BrFN3OS. The Morgan fingerprint density at radius 1 is 1.29 bits per heavy atom. The molecule has 0 amide bonds. The Morgan fingerprint density at radius 3 is 2.83 bits per heavy atom. The average molecular weight is 406 g/mol. The Kier molecular flexibility index (Phi) is 5.22. The summed E-state index contributed by atoms with van der Waals surface area (Å²) >= 11 is 4.57. The minimum Gasteiger partial charge on any atom is -0.496 e. The number of aromatic nitrogens is 1. The van der Waals surface area contributed by atoms with E-state index in [0.717, 1.165) is 11.3 Å². The van der Waals surface area contributed by atoms with Gasteiger partial charge in [-0.25, -0.2) is 9.37 Å². The van der Waals surface area contributed by atoms with Crippen molar-refractivity contribution in [2.45, 2.75) is 0 Å². The van der Waals surface area contributed by atoms with E-state index >= 15 is 0 Å². The first-order valence-electron chi connectivity index (χ1n) is 7.00. The van der Waals surface area contributed by atoms with Crippen LogP contribution in [0.2, 0.25) is 0 Å². The summed E-state index contributed by atoms with van der Waals surface area (Å²) in [6.07, 6.45) is 1.50. The second-order valence-corrected chi connectivity index (χ2v) is 6.49. The van der Waals surface area contributed by atoms with Gasteiger partial charge in [0.25, 0.3) is 0 Å². The van der Waals surface area contributed by atoms with E-state index in [4.69, 9.17) is 4.74 Å². The quantitative estimate of drug-likeness (QED) is 0.470. The molecule has 1 aromatic heterocycles. The highest BCUT2D eigenvalue weighted by molar-refractivity contribution is 9.10. The van der Waals surface area contributed by atoms with Crippen LogP contribution in [-0.2, 0) is 0 Å². The third-order valence-electron chi connectivity index (χ3n) is 3.21. The van der Waals surface area contributed by atoms with Gasteiger partial charge >= 0.3 is 0 Å². The molecule has 0 fully saturated rings. The number of hydrogen-bond donors (Lipinski definition) is 1. The lowest BCUT2D eigenvalue weighted by molar-refractivity contribution is 0.412. The van der Waals surface area contributed by atoms with Crippen LogP contribution in [0.25, 0.3) is 11.3 Å².